The molecule has 0 bridgehead atoms. The van der Waals surface area contributed by atoms with Gasteiger partial charge in [-0.3, -0.25) is 9.59 Å². The second-order valence-corrected chi connectivity index (χ2v) is 8.42. The zero-order valence-corrected chi connectivity index (χ0v) is 19.0. The first kappa shape index (κ1) is 23.3. The number of amides is 2. The van der Waals surface area contributed by atoms with Crippen LogP contribution in [0.1, 0.15) is 49.6 Å². The maximum absolute atomic E-state index is 12.9. The van der Waals surface area contributed by atoms with Crippen molar-refractivity contribution in [2.24, 2.45) is 5.92 Å². The number of rotatable bonds is 10. The molecule has 0 aliphatic carbocycles. The van der Waals surface area contributed by atoms with Gasteiger partial charge >= 0.3 is 0 Å². The van der Waals surface area contributed by atoms with Gasteiger partial charge in [0.2, 0.25) is 11.8 Å². The Bertz CT molecular complexity index is 1010. The molecular weight excluding hydrogens is 400 g/mol. The van der Waals surface area contributed by atoms with Gasteiger partial charge in [0.15, 0.2) is 0 Å². The van der Waals surface area contributed by atoms with Crippen LogP contribution in [-0.4, -0.2) is 28.1 Å². The Hall–Kier alpha value is -3.41. The van der Waals surface area contributed by atoms with Gasteiger partial charge in [-0.05, 0) is 48.9 Å². The van der Waals surface area contributed by atoms with Crippen LogP contribution in [0.15, 0.2) is 66.9 Å². The summed E-state index contributed by atoms with van der Waals surface area (Å²) in [4.78, 5) is 25.2. The van der Waals surface area contributed by atoms with Gasteiger partial charge in [0.05, 0.1) is 11.4 Å². The maximum atomic E-state index is 12.9. The summed E-state index contributed by atoms with van der Waals surface area (Å²) in [5.41, 5.74) is 3.95. The van der Waals surface area contributed by atoms with E-state index in [9.17, 15) is 9.59 Å². The summed E-state index contributed by atoms with van der Waals surface area (Å²) in [5, 5.41) is 10.5. The normalized spacial score (nSPS) is 11.9. The van der Waals surface area contributed by atoms with Crippen LogP contribution in [0.3, 0.4) is 0 Å². The van der Waals surface area contributed by atoms with E-state index in [1.807, 2.05) is 92.3 Å². The molecule has 3 rings (SSSR count). The van der Waals surface area contributed by atoms with E-state index in [1.165, 1.54) is 0 Å². The third-order valence-corrected chi connectivity index (χ3v) is 5.24. The lowest BCUT2D eigenvalue weighted by Gasteiger charge is -2.19. The lowest BCUT2D eigenvalue weighted by atomic mass is 10.0. The van der Waals surface area contributed by atoms with Crippen molar-refractivity contribution in [1.29, 1.82) is 0 Å². The Morgan fingerprint density at radius 1 is 1.00 bits per heavy atom. The minimum Gasteiger partial charge on any atom is -0.354 e. The highest BCUT2D eigenvalue weighted by Crippen LogP contribution is 2.15. The highest BCUT2D eigenvalue weighted by Gasteiger charge is 2.22. The molecule has 32 heavy (non-hydrogen) atoms. The highest BCUT2D eigenvalue weighted by molar-refractivity contribution is 5.88. The first-order valence-corrected chi connectivity index (χ1v) is 11.2. The number of carbonyl (C=O) groups is 2. The first-order valence-electron chi connectivity index (χ1n) is 11.2. The molecule has 0 radical (unpaired) electrons. The minimum absolute atomic E-state index is 0.118. The van der Waals surface area contributed by atoms with Gasteiger partial charge in [-0.2, -0.15) is 5.10 Å². The van der Waals surface area contributed by atoms with E-state index in [-0.39, 0.29) is 17.7 Å². The van der Waals surface area contributed by atoms with Crippen LogP contribution >= 0.6 is 0 Å². The molecule has 0 aliphatic heterocycles. The molecular formula is C26H32N4O2. The van der Waals surface area contributed by atoms with Crippen molar-refractivity contribution in [2.75, 3.05) is 6.54 Å². The Balaban J connectivity index is 1.56. The molecule has 168 valence electrons. The third kappa shape index (κ3) is 6.54. The lowest BCUT2D eigenvalue weighted by molar-refractivity contribution is -0.129. The van der Waals surface area contributed by atoms with Crippen LogP contribution in [0.5, 0.6) is 0 Å². The van der Waals surface area contributed by atoms with Crippen molar-refractivity contribution in [3.8, 4) is 5.69 Å². The van der Waals surface area contributed by atoms with E-state index in [2.05, 4.69) is 15.7 Å². The standard InChI is InChI=1S/C26H32N4O2/c1-19(2)17-24(31)28-25(21-11-6-4-7-12-21)26(32)27-16-10-13-22-18-30(29-20(22)3)23-14-8-5-9-15-23/h4-9,11-12,14-15,18-19,25H,10,13,16-17H2,1-3H3,(H,27,32)(H,28,31). The minimum atomic E-state index is -0.690. The monoisotopic (exact) mass is 432 g/mol. The topological polar surface area (TPSA) is 76.0 Å². The van der Waals surface area contributed by atoms with Crippen LogP contribution in [-0.2, 0) is 16.0 Å². The van der Waals surface area contributed by atoms with Crippen LogP contribution < -0.4 is 10.6 Å². The Labute approximate surface area is 190 Å². The molecule has 1 unspecified atom stereocenters. The summed E-state index contributed by atoms with van der Waals surface area (Å²) >= 11 is 0. The number of hydrogen-bond acceptors (Lipinski definition) is 3. The average molecular weight is 433 g/mol. The number of nitrogens with zero attached hydrogens (tertiary/aromatic N) is 2. The van der Waals surface area contributed by atoms with Gasteiger partial charge in [-0.1, -0.05) is 62.4 Å². The SMILES string of the molecule is Cc1nn(-c2ccccc2)cc1CCCNC(=O)C(NC(=O)CC(C)C)c1ccccc1. The summed E-state index contributed by atoms with van der Waals surface area (Å²) in [6.07, 6.45) is 4.04. The van der Waals surface area contributed by atoms with E-state index in [4.69, 9.17) is 0 Å². The van der Waals surface area contributed by atoms with Gasteiger partial charge in [-0.15, -0.1) is 0 Å². The molecule has 2 amide bonds. The molecule has 6 nitrogen and oxygen atoms in total. The van der Waals surface area contributed by atoms with Crippen molar-refractivity contribution >= 4 is 11.8 Å². The van der Waals surface area contributed by atoms with Gasteiger partial charge < -0.3 is 10.6 Å². The first-order chi connectivity index (χ1) is 15.4. The number of aromatic nitrogens is 2. The molecule has 2 aromatic carbocycles. The number of carbonyl (C=O) groups excluding carboxylic acids is 2. The Morgan fingerprint density at radius 3 is 2.31 bits per heavy atom. The smallest absolute Gasteiger partial charge is 0.247 e. The second-order valence-electron chi connectivity index (χ2n) is 8.42. The quantitative estimate of drug-likeness (QED) is 0.473. The van der Waals surface area contributed by atoms with E-state index in [1.54, 1.807) is 0 Å². The summed E-state index contributed by atoms with van der Waals surface area (Å²) in [6.45, 7) is 6.50. The molecule has 1 heterocycles. The van der Waals surface area contributed by atoms with Crippen LogP contribution in [0.2, 0.25) is 0 Å². The molecule has 1 aromatic heterocycles. The molecule has 3 aromatic rings. The van der Waals surface area contributed by atoms with Gasteiger partial charge in [0, 0.05) is 19.2 Å². The predicted molar refractivity (Wildman–Crippen MR) is 126 cm³/mol. The maximum Gasteiger partial charge on any atom is 0.247 e. The third-order valence-electron chi connectivity index (χ3n) is 5.24. The molecule has 0 fully saturated rings. The van der Waals surface area contributed by atoms with Gasteiger partial charge in [-0.25, -0.2) is 4.68 Å². The lowest BCUT2D eigenvalue weighted by Crippen LogP contribution is -2.41. The van der Waals surface area contributed by atoms with Gasteiger partial charge in [0.25, 0.3) is 0 Å². The van der Waals surface area contributed by atoms with Crippen molar-refractivity contribution in [3.63, 3.8) is 0 Å². The van der Waals surface area contributed by atoms with Crippen molar-refractivity contribution in [2.45, 2.75) is 46.1 Å². The van der Waals surface area contributed by atoms with Crippen molar-refractivity contribution in [3.05, 3.63) is 83.7 Å². The summed E-state index contributed by atoms with van der Waals surface area (Å²) in [6, 6.07) is 18.7. The second kappa shape index (κ2) is 11.3. The van der Waals surface area contributed by atoms with E-state index < -0.39 is 6.04 Å². The number of para-hydroxylation sites is 1. The van der Waals surface area contributed by atoms with Crippen molar-refractivity contribution in [1.82, 2.24) is 20.4 Å². The Kier molecular flexibility index (Phi) is 8.20. The number of benzene rings is 2. The molecule has 1 atom stereocenters. The fraction of sp³-hybridized carbons (Fsp3) is 0.346. The van der Waals surface area contributed by atoms with E-state index in [0.717, 1.165) is 35.3 Å². The molecule has 0 aliphatic rings. The number of nitrogens with one attached hydrogen (secondary N) is 2. The molecule has 0 saturated heterocycles. The summed E-state index contributed by atoms with van der Waals surface area (Å²) < 4.78 is 1.89. The fourth-order valence-electron chi connectivity index (χ4n) is 3.58. The zero-order chi connectivity index (χ0) is 22.9. The largest absolute Gasteiger partial charge is 0.354 e. The molecule has 6 heteroatoms. The number of hydrogen-bond donors (Lipinski definition) is 2. The number of aryl methyl sites for hydroxylation is 2. The molecule has 2 N–H and O–H groups in total. The summed E-state index contributed by atoms with van der Waals surface area (Å²) in [5.74, 6) is -0.0764. The van der Waals surface area contributed by atoms with Crippen LogP contribution in [0.4, 0.5) is 0 Å². The van der Waals surface area contributed by atoms with Crippen molar-refractivity contribution < 1.29 is 9.59 Å². The van der Waals surface area contributed by atoms with Crippen LogP contribution in [0, 0.1) is 12.8 Å². The predicted octanol–water partition coefficient (Wildman–Crippen LogP) is 4.13. The van der Waals surface area contributed by atoms with E-state index in [0.29, 0.717) is 13.0 Å². The molecule has 0 spiro atoms. The fourth-order valence-corrected chi connectivity index (χ4v) is 3.58. The molecule has 0 saturated carbocycles. The Morgan fingerprint density at radius 2 is 1.66 bits per heavy atom. The summed E-state index contributed by atoms with van der Waals surface area (Å²) in [7, 11) is 0. The average Bonchev–Trinajstić information content (AvgIpc) is 3.16. The van der Waals surface area contributed by atoms with Gasteiger partial charge in [0.1, 0.15) is 6.04 Å². The van der Waals surface area contributed by atoms with Crippen LogP contribution in [0.25, 0.3) is 5.69 Å². The van der Waals surface area contributed by atoms with E-state index >= 15 is 0 Å². The zero-order valence-electron chi connectivity index (χ0n) is 19.0. The highest BCUT2D eigenvalue weighted by atomic mass is 16.2.